The van der Waals surface area contributed by atoms with Crippen LogP contribution >= 0.6 is 0 Å². The van der Waals surface area contributed by atoms with Crippen LogP contribution in [0.5, 0.6) is 0 Å². The molecule has 8 heteroatoms. The van der Waals surface area contributed by atoms with Crippen molar-refractivity contribution in [2.24, 2.45) is 5.41 Å². The molecule has 8 nitrogen and oxygen atoms in total. The normalized spacial score (nSPS) is 23.7. The van der Waals surface area contributed by atoms with Crippen molar-refractivity contribution in [2.75, 3.05) is 32.8 Å². The highest BCUT2D eigenvalue weighted by atomic mass is 16.5. The largest absolute Gasteiger partial charge is 0.457 e. The highest BCUT2D eigenvalue weighted by molar-refractivity contribution is 5.94. The Hall–Kier alpha value is -2.71. The molecule has 4 aliphatic rings. The lowest BCUT2D eigenvalue weighted by atomic mass is 9.77. The van der Waals surface area contributed by atoms with Crippen molar-refractivity contribution in [1.82, 2.24) is 9.80 Å². The summed E-state index contributed by atoms with van der Waals surface area (Å²) in [7, 11) is 0. The van der Waals surface area contributed by atoms with Crippen LogP contribution in [-0.4, -0.2) is 65.5 Å². The predicted molar refractivity (Wildman–Crippen MR) is 109 cm³/mol. The fourth-order valence-electron chi connectivity index (χ4n) is 5.31. The number of hydrogen-bond donors (Lipinski definition) is 1. The molecule has 1 atom stereocenters. The lowest BCUT2D eigenvalue weighted by Gasteiger charge is -2.38. The van der Waals surface area contributed by atoms with Crippen LogP contribution in [0, 0.1) is 12.3 Å². The minimum Gasteiger partial charge on any atom is -0.457 e. The highest BCUT2D eigenvalue weighted by Gasteiger charge is 2.49. The Morgan fingerprint density at radius 2 is 1.81 bits per heavy atom. The van der Waals surface area contributed by atoms with Gasteiger partial charge in [0.1, 0.15) is 13.2 Å². The van der Waals surface area contributed by atoms with E-state index in [0.29, 0.717) is 24.4 Å². The third-order valence-corrected chi connectivity index (χ3v) is 7.32. The number of esters is 2. The van der Waals surface area contributed by atoms with Crippen molar-refractivity contribution in [2.45, 2.75) is 38.9 Å². The van der Waals surface area contributed by atoms with Crippen molar-refractivity contribution < 1.29 is 29.0 Å². The fraction of sp³-hybridized carbons (Fsp3) is 0.522. The van der Waals surface area contributed by atoms with Crippen LogP contribution < -0.4 is 0 Å². The quantitative estimate of drug-likeness (QED) is 0.728. The third kappa shape index (κ3) is 3.34. The molecule has 0 aliphatic carbocycles. The van der Waals surface area contributed by atoms with Crippen LogP contribution in [0.25, 0.3) is 0 Å². The molecule has 1 spiro atoms. The predicted octanol–water partition coefficient (Wildman–Crippen LogP) is 1.45. The summed E-state index contributed by atoms with van der Waals surface area (Å²) in [5.41, 5.74) is 3.46. The first-order valence-corrected chi connectivity index (χ1v) is 10.8. The second kappa shape index (κ2) is 7.46. The number of β-amino-alcohol motifs (C(OH)–C–C–N with tert-alkyl or cyclic N) is 1. The van der Waals surface area contributed by atoms with E-state index in [4.69, 9.17) is 9.47 Å². The molecule has 1 aromatic carbocycles. The number of hydrogen-bond acceptors (Lipinski definition) is 7. The molecule has 0 bridgehead atoms. The molecule has 164 valence electrons. The average molecular weight is 426 g/mol. The van der Waals surface area contributed by atoms with Gasteiger partial charge in [-0.2, -0.15) is 0 Å². The Labute approximate surface area is 180 Å². The van der Waals surface area contributed by atoms with E-state index in [1.54, 1.807) is 11.0 Å². The maximum atomic E-state index is 13.1. The van der Waals surface area contributed by atoms with Crippen LogP contribution in [0.4, 0.5) is 0 Å². The molecule has 0 aromatic heterocycles. The second-order valence-corrected chi connectivity index (χ2v) is 8.93. The molecule has 4 heterocycles. The van der Waals surface area contributed by atoms with Crippen molar-refractivity contribution >= 4 is 17.8 Å². The van der Waals surface area contributed by atoms with Crippen LogP contribution in [-0.2, 0) is 25.7 Å². The van der Waals surface area contributed by atoms with Crippen molar-refractivity contribution in [3.05, 3.63) is 46.2 Å². The van der Waals surface area contributed by atoms with Crippen LogP contribution in [0.2, 0.25) is 0 Å². The molecular formula is C23H26N2O6. The Morgan fingerprint density at radius 3 is 2.52 bits per heavy atom. The number of ether oxygens (including phenoxy) is 2. The maximum absolute atomic E-state index is 13.1. The number of aliphatic hydroxyl groups is 1. The van der Waals surface area contributed by atoms with E-state index in [-0.39, 0.29) is 36.5 Å². The topological polar surface area (TPSA) is 96.4 Å². The summed E-state index contributed by atoms with van der Waals surface area (Å²) in [6.45, 7) is 4.93. The van der Waals surface area contributed by atoms with Crippen LogP contribution in [0.3, 0.4) is 0 Å². The van der Waals surface area contributed by atoms with Gasteiger partial charge in [0.2, 0.25) is 5.91 Å². The number of rotatable bonds is 4. The molecule has 2 fully saturated rings. The number of amides is 1. The Kier molecular flexibility index (Phi) is 4.86. The van der Waals surface area contributed by atoms with Crippen LogP contribution in [0.1, 0.15) is 52.4 Å². The molecule has 31 heavy (non-hydrogen) atoms. The first-order valence-electron chi connectivity index (χ1n) is 10.8. The smallest absolute Gasteiger partial charge is 0.338 e. The zero-order chi connectivity index (χ0) is 21.8. The number of carbonyl (C=O) groups is 3. The zero-order valence-electron chi connectivity index (χ0n) is 17.6. The molecule has 1 N–H and O–H groups in total. The van der Waals surface area contributed by atoms with Gasteiger partial charge in [-0.3, -0.25) is 4.79 Å². The maximum Gasteiger partial charge on any atom is 0.338 e. The molecule has 4 aliphatic heterocycles. The van der Waals surface area contributed by atoms with Gasteiger partial charge in [0.15, 0.2) is 0 Å². The van der Waals surface area contributed by atoms with E-state index in [1.165, 1.54) is 6.08 Å². The van der Waals surface area contributed by atoms with Gasteiger partial charge in [-0.1, -0.05) is 6.07 Å². The monoisotopic (exact) mass is 426 g/mol. The van der Waals surface area contributed by atoms with Gasteiger partial charge in [-0.15, -0.1) is 0 Å². The number of likely N-dealkylation sites (tertiary alicyclic amines) is 2. The molecular weight excluding hydrogens is 400 g/mol. The number of cyclic esters (lactones) is 2. The highest BCUT2D eigenvalue weighted by Crippen LogP contribution is 2.43. The number of fused-ring (bicyclic) bond motifs is 1. The van der Waals surface area contributed by atoms with E-state index in [9.17, 15) is 19.5 Å². The van der Waals surface area contributed by atoms with Crippen molar-refractivity contribution in [3.8, 4) is 0 Å². The Morgan fingerprint density at radius 1 is 1.06 bits per heavy atom. The van der Waals surface area contributed by atoms with Gasteiger partial charge in [-0.05, 0) is 56.5 Å². The second-order valence-electron chi connectivity index (χ2n) is 8.93. The van der Waals surface area contributed by atoms with Crippen LogP contribution in [0.15, 0.2) is 23.9 Å². The third-order valence-electron chi connectivity index (χ3n) is 7.32. The van der Waals surface area contributed by atoms with E-state index in [0.717, 1.165) is 49.0 Å². The summed E-state index contributed by atoms with van der Waals surface area (Å²) in [6, 6.07) is 3.55. The van der Waals surface area contributed by atoms with E-state index < -0.39 is 6.10 Å². The van der Waals surface area contributed by atoms with Gasteiger partial charge in [0.05, 0.1) is 22.8 Å². The zero-order valence-corrected chi connectivity index (χ0v) is 17.6. The summed E-state index contributed by atoms with van der Waals surface area (Å²) >= 11 is 0. The first-order chi connectivity index (χ1) is 14.9. The van der Waals surface area contributed by atoms with E-state index >= 15 is 0 Å². The fourth-order valence-corrected chi connectivity index (χ4v) is 5.31. The number of aliphatic hydroxyl groups excluding tert-OH is 1. The number of piperidine rings is 1. The summed E-state index contributed by atoms with van der Waals surface area (Å²) in [6.07, 6.45) is 3.01. The summed E-state index contributed by atoms with van der Waals surface area (Å²) in [5, 5.41) is 10.9. The molecule has 0 unspecified atom stereocenters. The standard InChI is InChI=1S/C23H26N2O6/c1-14-16(2-3-17-18(14)13-31-21(17)28)19(26)11-24-7-4-23(5-8-24)6-9-25(22(23)29)15-10-20(27)30-12-15/h2-3,10,19,26H,4-9,11-13H2,1H3/t19-/m1/s1. The minimum absolute atomic E-state index is 0.0939. The SMILES string of the molecule is Cc1c([C@H](O)CN2CCC3(CC2)CCN(C2=CC(=O)OC2)C3=O)ccc2c1COC2=O. The summed E-state index contributed by atoms with van der Waals surface area (Å²) in [5.74, 6) is -0.596. The lowest BCUT2D eigenvalue weighted by Crippen LogP contribution is -2.45. The number of carbonyl (C=O) groups excluding carboxylic acids is 3. The first kappa shape index (κ1) is 20.2. The Bertz CT molecular complexity index is 992. The summed E-state index contributed by atoms with van der Waals surface area (Å²) in [4.78, 5) is 40.1. The van der Waals surface area contributed by atoms with Crippen molar-refractivity contribution in [1.29, 1.82) is 0 Å². The Balaban J connectivity index is 1.22. The average Bonchev–Trinajstić information content (AvgIpc) is 3.43. The molecule has 0 saturated carbocycles. The van der Waals surface area contributed by atoms with Crippen molar-refractivity contribution in [3.63, 3.8) is 0 Å². The van der Waals surface area contributed by atoms with Gasteiger partial charge >= 0.3 is 11.9 Å². The van der Waals surface area contributed by atoms with Gasteiger partial charge < -0.3 is 24.4 Å². The lowest BCUT2D eigenvalue weighted by molar-refractivity contribution is -0.138. The van der Waals surface area contributed by atoms with Gasteiger partial charge in [0.25, 0.3) is 0 Å². The summed E-state index contributed by atoms with van der Waals surface area (Å²) < 4.78 is 10.1. The minimum atomic E-state index is -0.669. The molecule has 0 radical (unpaired) electrons. The molecule has 2 saturated heterocycles. The number of nitrogens with zero attached hydrogens (tertiary/aromatic N) is 2. The van der Waals surface area contributed by atoms with E-state index in [1.807, 2.05) is 13.0 Å². The van der Waals surface area contributed by atoms with E-state index in [2.05, 4.69) is 4.90 Å². The number of benzene rings is 1. The molecule has 1 amide bonds. The van der Waals surface area contributed by atoms with Gasteiger partial charge in [-0.25, -0.2) is 9.59 Å². The molecule has 5 rings (SSSR count). The van der Waals surface area contributed by atoms with Gasteiger partial charge in [0, 0.05) is 24.7 Å². The molecule has 1 aromatic rings.